The lowest BCUT2D eigenvalue weighted by Crippen LogP contribution is -2.37. The van der Waals surface area contributed by atoms with Gasteiger partial charge in [0.25, 0.3) is 0 Å². The van der Waals surface area contributed by atoms with E-state index in [-0.39, 0.29) is 12.0 Å². The number of allylic oxidation sites excluding steroid dienone is 1. The van der Waals surface area contributed by atoms with Crippen molar-refractivity contribution in [3.05, 3.63) is 108 Å². The van der Waals surface area contributed by atoms with Gasteiger partial charge in [-0.3, -0.25) is 0 Å². The number of nitrogens with zero attached hydrogens (tertiary/aromatic N) is 2. The molecule has 2 nitrogen and oxygen atoms in total. The molecule has 2 heteroatoms. The monoisotopic (exact) mass is 364 g/mol. The maximum absolute atomic E-state index is 10.1. The van der Waals surface area contributed by atoms with Gasteiger partial charge in [-0.05, 0) is 41.2 Å². The fraction of sp³-hybridized carbons (Fsp3) is 0.192. The Morgan fingerprint density at radius 2 is 1.57 bits per heavy atom. The number of benzene rings is 3. The smallest absolute Gasteiger partial charge is 0.124 e. The summed E-state index contributed by atoms with van der Waals surface area (Å²) in [5, 5.41) is 10.1. The summed E-state index contributed by atoms with van der Waals surface area (Å²) in [4.78, 5) is 2.12. The Morgan fingerprint density at radius 1 is 0.929 bits per heavy atom. The van der Waals surface area contributed by atoms with Crippen molar-refractivity contribution < 1.29 is 0 Å². The number of hydrogen-bond donors (Lipinski definition) is 0. The topological polar surface area (TPSA) is 27.0 Å². The molecule has 4 rings (SSSR count). The second-order valence-electron chi connectivity index (χ2n) is 7.38. The van der Waals surface area contributed by atoms with E-state index in [0.29, 0.717) is 5.92 Å². The maximum Gasteiger partial charge on any atom is 0.124 e. The largest absolute Gasteiger partial charge is 0.358 e. The zero-order chi connectivity index (χ0) is 19.3. The Balaban J connectivity index is 1.69. The molecule has 0 saturated heterocycles. The van der Waals surface area contributed by atoms with Crippen LogP contribution in [0.25, 0.3) is 6.08 Å². The fourth-order valence-electron chi connectivity index (χ4n) is 4.28. The summed E-state index contributed by atoms with van der Waals surface area (Å²) < 4.78 is 0. The van der Waals surface area contributed by atoms with Crippen molar-refractivity contribution in [1.82, 2.24) is 0 Å². The van der Waals surface area contributed by atoms with Gasteiger partial charge < -0.3 is 4.90 Å². The molecule has 0 fully saturated rings. The van der Waals surface area contributed by atoms with E-state index in [9.17, 15) is 5.26 Å². The molecule has 28 heavy (non-hydrogen) atoms. The summed E-state index contributed by atoms with van der Waals surface area (Å²) >= 11 is 0. The predicted octanol–water partition coefficient (Wildman–Crippen LogP) is 5.68. The molecule has 3 aromatic rings. The van der Waals surface area contributed by atoms with Crippen molar-refractivity contribution in [2.45, 2.75) is 18.4 Å². The number of likely N-dealkylation sites (N-methyl/N-ethyl adjacent to an activating group) is 1. The van der Waals surface area contributed by atoms with Crippen molar-refractivity contribution in [2.75, 3.05) is 11.9 Å². The Hall–Kier alpha value is -3.31. The zero-order valence-corrected chi connectivity index (χ0v) is 16.1. The van der Waals surface area contributed by atoms with Crippen LogP contribution in [0.1, 0.15) is 22.6 Å². The molecule has 0 N–H and O–H groups in total. The van der Waals surface area contributed by atoms with Crippen LogP contribution in [0.2, 0.25) is 0 Å². The van der Waals surface area contributed by atoms with Crippen LogP contribution in [0.3, 0.4) is 0 Å². The molecule has 0 radical (unpaired) electrons. The van der Waals surface area contributed by atoms with Crippen LogP contribution in [0.15, 0.2) is 91.0 Å². The molecule has 0 aliphatic heterocycles. The van der Waals surface area contributed by atoms with Gasteiger partial charge in [0.2, 0.25) is 0 Å². The highest BCUT2D eigenvalue weighted by atomic mass is 15.1. The standard InChI is InChI=1S/C26H24N2/c1-28(23-13-6-3-7-14-23)25(19-27)26-22(17-16-20-10-4-2-5-11-20)18-21-12-8-9-15-24(21)26/h2-17,22,25-26H,18H2,1H3/b17-16+/t22-,25-,26+/m1/s1. The third-order valence-corrected chi connectivity index (χ3v) is 5.72. The number of para-hydroxylation sites is 1. The van der Waals surface area contributed by atoms with E-state index >= 15 is 0 Å². The SMILES string of the molecule is CN(c1ccccc1)[C@H](C#N)[C@@H]1c2ccccc2C[C@H]1/C=C/c1ccccc1. The molecule has 0 amide bonds. The van der Waals surface area contributed by atoms with Crippen LogP contribution in [0, 0.1) is 17.2 Å². The molecule has 0 spiro atoms. The van der Waals surface area contributed by atoms with Gasteiger partial charge >= 0.3 is 0 Å². The van der Waals surface area contributed by atoms with Crippen LogP contribution in [-0.2, 0) is 6.42 Å². The normalized spacial score (nSPS) is 19.1. The number of hydrogen-bond acceptors (Lipinski definition) is 2. The second kappa shape index (κ2) is 8.15. The minimum atomic E-state index is -0.225. The average Bonchev–Trinajstić information content (AvgIpc) is 3.12. The van der Waals surface area contributed by atoms with E-state index < -0.39 is 0 Å². The van der Waals surface area contributed by atoms with Crippen molar-refractivity contribution >= 4 is 11.8 Å². The Labute approximate surface area is 167 Å². The van der Waals surface area contributed by atoms with Gasteiger partial charge in [0.05, 0.1) is 6.07 Å². The average molecular weight is 364 g/mol. The minimum absolute atomic E-state index is 0.145. The van der Waals surface area contributed by atoms with Crippen LogP contribution < -0.4 is 4.90 Å². The lowest BCUT2D eigenvalue weighted by molar-refractivity contribution is 0.497. The van der Waals surface area contributed by atoms with E-state index in [4.69, 9.17) is 0 Å². The molecule has 0 bridgehead atoms. The molecule has 0 unspecified atom stereocenters. The van der Waals surface area contributed by atoms with Gasteiger partial charge in [-0.15, -0.1) is 0 Å². The fourth-order valence-corrected chi connectivity index (χ4v) is 4.28. The van der Waals surface area contributed by atoms with Crippen LogP contribution >= 0.6 is 0 Å². The van der Waals surface area contributed by atoms with Crippen molar-refractivity contribution in [3.8, 4) is 6.07 Å². The Bertz CT molecular complexity index is 986. The van der Waals surface area contributed by atoms with Crippen LogP contribution in [-0.4, -0.2) is 13.1 Å². The summed E-state index contributed by atoms with van der Waals surface area (Å²) in [6.45, 7) is 0. The third-order valence-electron chi connectivity index (χ3n) is 5.72. The van der Waals surface area contributed by atoms with Crippen LogP contribution in [0.5, 0.6) is 0 Å². The lowest BCUT2D eigenvalue weighted by atomic mass is 9.85. The molecule has 0 heterocycles. The molecular formula is C26H24N2. The summed E-state index contributed by atoms with van der Waals surface area (Å²) in [6, 6.07) is 31.5. The van der Waals surface area contributed by atoms with E-state index in [1.807, 2.05) is 31.3 Å². The summed E-state index contributed by atoms with van der Waals surface area (Å²) in [6.07, 6.45) is 5.47. The van der Waals surface area contributed by atoms with E-state index in [1.54, 1.807) is 0 Å². The number of anilines is 1. The van der Waals surface area contributed by atoms with Crippen molar-refractivity contribution in [3.63, 3.8) is 0 Å². The Kier molecular flexibility index (Phi) is 5.26. The molecule has 1 aliphatic carbocycles. The second-order valence-corrected chi connectivity index (χ2v) is 7.38. The van der Waals surface area contributed by atoms with E-state index in [0.717, 1.165) is 12.1 Å². The molecule has 138 valence electrons. The minimum Gasteiger partial charge on any atom is -0.358 e. The van der Waals surface area contributed by atoms with Gasteiger partial charge in [0.1, 0.15) is 6.04 Å². The third kappa shape index (κ3) is 3.57. The summed E-state index contributed by atoms with van der Waals surface area (Å²) in [5.74, 6) is 0.444. The zero-order valence-electron chi connectivity index (χ0n) is 16.1. The highest BCUT2D eigenvalue weighted by molar-refractivity contribution is 5.54. The first-order valence-corrected chi connectivity index (χ1v) is 9.76. The van der Waals surface area contributed by atoms with Crippen molar-refractivity contribution in [1.29, 1.82) is 5.26 Å². The number of fused-ring (bicyclic) bond motifs is 1. The molecule has 0 aromatic heterocycles. The maximum atomic E-state index is 10.1. The van der Waals surface area contributed by atoms with E-state index in [2.05, 4.69) is 83.8 Å². The molecular weight excluding hydrogens is 340 g/mol. The number of rotatable bonds is 5. The lowest BCUT2D eigenvalue weighted by Gasteiger charge is -2.32. The van der Waals surface area contributed by atoms with Crippen molar-refractivity contribution in [2.24, 2.45) is 5.92 Å². The molecule has 3 atom stereocenters. The number of nitriles is 1. The van der Waals surface area contributed by atoms with Crippen LogP contribution in [0.4, 0.5) is 5.69 Å². The first kappa shape index (κ1) is 18.1. The first-order chi connectivity index (χ1) is 13.8. The van der Waals surface area contributed by atoms with Gasteiger partial charge in [-0.1, -0.05) is 84.9 Å². The molecule has 1 aliphatic rings. The highest BCUT2D eigenvalue weighted by Crippen LogP contribution is 2.43. The summed E-state index contributed by atoms with van der Waals surface area (Å²) in [5.41, 5.74) is 4.93. The van der Waals surface area contributed by atoms with Gasteiger partial charge in [-0.25, -0.2) is 0 Å². The van der Waals surface area contributed by atoms with E-state index in [1.165, 1.54) is 16.7 Å². The van der Waals surface area contributed by atoms with Gasteiger partial charge in [-0.2, -0.15) is 5.26 Å². The highest BCUT2D eigenvalue weighted by Gasteiger charge is 2.38. The predicted molar refractivity (Wildman–Crippen MR) is 116 cm³/mol. The Morgan fingerprint density at radius 3 is 2.29 bits per heavy atom. The molecule has 0 saturated carbocycles. The quantitative estimate of drug-likeness (QED) is 0.582. The first-order valence-electron chi connectivity index (χ1n) is 9.76. The van der Waals surface area contributed by atoms with Gasteiger partial charge in [0, 0.05) is 18.7 Å². The van der Waals surface area contributed by atoms with Gasteiger partial charge in [0.15, 0.2) is 0 Å². The summed E-state index contributed by atoms with van der Waals surface area (Å²) in [7, 11) is 2.03. The molecule has 3 aromatic carbocycles.